The Morgan fingerprint density at radius 2 is 2.15 bits per heavy atom. The SMILES string of the molecule is COc1ncc(Br)cc1C1N=C(N(SF)C(=O)OC(C)(C)C)SC2C1[C@@H]2C. The van der Waals surface area contributed by atoms with Gasteiger partial charge in [0.1, 0.15) is 5.60 Å². The molecule has 1 aromatic heterocycles. The zero-order valence-electron chi connectivity index (χ0n) is 15.6. The molecule has 0 aromatic carbocycles. The quantitative estimate of drug-likeness (QED) is 0.542. The number of hydrogen-bond acceptors (Lipinski definition) is 7. The minimum Gasteiger partial charge on any atom is -0.481 e. The number of halogens is 2. The molecule has 27 heavy (non-hydrogen) atoms. The number of amidine groups is 1. The van der Waals surface area contributed by atoms with E-state index < -0.39 is 11.7 Å². The lowest BCUT2D eigenvalue weighted by Crippen LogP contribution is -2.36. The smallest absolute Gasteiger partial charge is 0.428 e. The van der Waals surface area contributed by atoms with Crippen LogP contribution in [0.15, 0.2) is 21.7 Å². The van der Waals surface area contributed by atoms with Gasteiger partial charge in [0, 0.05) is 27.4 Å². The molecule has 1 aliphatic carbocycles. The number of ether oxygens (including phenoxy) is 2. The summed E-state index contributed by atoms with van der Waals surface area (Å²) in [5, 5.41) is 0.553. The van der Waals surface area contributed by atoms with E-state index in [1.54, 1.807) is 34.1 Å². The Morgan fingerprint density at radius 3 is 2.74 bits per heavy atom. The highest BCUT2D eigenvalue weighted by atomic mass is 79.9. The van der Waals surface area contributed by atoms with Gasteiger partial charge in [-0.2, -0.15) is 4.31 Å². The number of nitrogens with zero attached hydrogens (tertiary/aromatic N) is 3. The lowest BCUT2D eigenvalue weighted by molar-refractivity contribution is 0.0473. The predicted octanol–water partition coefficient (Wildman–Crippen LogP) is 5.40. The number of carbonyl (C=O) groups is 1. The molecule has 1 fully saturated rings. The number of thioether (sulfide) groups is 1. The van der Waals surface area contributed by atoms with Crippen molar-refractivity contribution in [3.8, 4) is 5.88 Å². The summed E-state index contributed by atoms with van der Waals surface area (Å²) < 4.78 is 26.0. The molecule has 0 spiro atoms. The van der Waals surface area contributed by atoms with Crippen molar-refractivity contribution in [3.05, 3.63) is 22.3 Å². The lowest BCUT2D eigenvalue weighted by Gasteiger charge is -2.27. The zero-order chi connectivity index (χ0) is 19.9. The van der Waals surface area contributed by atoms with E-state index in [1.165, 1.54) is 11.8 Å². The van der Waals surface area contributed by atoms with Crippen LogP contribution in [0.5, 0.6) is 5.88 Å². The summed E-state index contributed by atoms with van der Waals surface area (Å²) in [5.74, 6) is 1.15. The molecule has 10 heteroatoms. The van der Waals surface area contributed by atoms with Crippen LogP contribution in [-0.2, 0) is 4.74 Å². The first-order chi connectivity index (χ1) is 12.7. The molecule has 0 radical (unpaired) electrons. The molecule has 1 aromatic rings. The number of hydrogen-bond donors (Lipinski definition) is 0. The van der Waals surface area contributed by atoms with Crippen LogP contribution < -0.4 is 4.74 Å². The van der Waals surface area contributed by atoms with Crippen LogP contribution in [-0.4, -0.2) is 38.5 Å². The van der Waals surface area contributed by atoms with E-state index in [-0.39, 0.29) is 29.5 Å². The number of rotatable bonds is 3. The van der Waals surface area contributed by atoms with Gasteiger partial charge in [0.15, 0.2) is 17.5 Å². The second-order valence-corrected chi connectivity index (χ2v) is 10.0. The predicted molar refractivity (Wildman–Crippen MR) is 109 cm³/mol. The number of pyridine rings is 1. The average molecular weight is 478 g/mol. The van der Waals surface area contributed by atoms with Gasteiger partial charge in [-0.3, -0.25) is 4.99 Å². The Labute approximate surface area is 175 Å². The van der Waals surface area contributed by atoms with E-state index in [9.17, 15) is 8.68 Å². The van der Waals surface area contributed by atoms with Gasteiger partial charge in [-0.1, -0.05) is 18.7 Å². The van der Waals surface area contributed by atoms with E-state index in [0.29, 0.717) is 17.0 Å². The maximum atomic E-state index is 13.6. The highest BCUT2D eigenvalue weighted by Gasteiger charge is 2.57. The Balaban J connectivity index is 1.95. The molecule has 1 aliphatic heterocycles. The molecule has 3 unspecified atom stereocenters. The van der Waals surface area contributed by atoms with Crippen molar-refractivity contribution >= 4 is 51.3 Å². The number of fused-ring (bicyclic) bond motifs is 1. The van der Waals surface area contributed by atoms with E-state index in [2.05, 4.69) is 27.8 Å². The van der Waals surface area contributed by atoms with Crippen LogP contribution in [0.1, 0.15) is 39.3 Å². The van der Waals surface area contributed by atoms with Crippen molar-refractivity contribution in [1.82, 2.24) is 9.29 Å². The molecule has 2 aliphatic rings. The molecular formula is C17H21BrFN3O3S2. The van der Waals surface area contributed by atoms with Crippen molar-refractivity contribution in [2.45, 2.75) is 44.6 Å². The number of carbonyl (C=O) groups excluding carboxylic acids is 1. The van der Waals surface area contributed by atoms with Gasteiger partial charge in [-0.05, 0) is 48.7 Å². The minimum absolute atomic E-state index is 0.192. The highest BCUT2D eigenvalue weighted by Crippen LogP contribution is 2.60. The van der Waals surface area contributed by atoms with Gasteiger partial charge in [-0.15, -0.1) is 3.89 Å². The number of methoxy groups -OCH3 is 1. The van der Waals surface area contributed by atoms with Gasteiger partial charge in [0.25, 0.3) is 0 Å². The van der Waals surface area contributed by atoms with Crippen LogP contribution in [0.4, 0.5) is 8.68 Å². The third kappa shape index (κ3) is 4.37. The summed E-state index contributed by atoms with van der Waals surface area (Å²) >= 11 is 4.66. The fourth-order valence-corrected chi connectivity index (χ4v) is 5.32. The van der Waals surface area contributed by atoms with E-state index in [1.807, 2.05) is 6.07 Å². The Bertz CT molecular complexity index is 774. The molecule has 0 N–H and O–H groups in total. The molecule has 6 nitrogen and oxygen atoms in total. The molecule has 0 saturated heterocycles. The van der Waals surface area contributed by atoms with E-state index in [0.717, 1.165) is 14.3 Å². The molecule has 4 atom stereocenters. The van der Waals surface area contributed by atoms with Crippen molar-refractivity contribution < 1.29 is 18.2 Å². The number of aliphatic imine (C=N–C) groups is 1. The van der Waals surface area contributed by atoms with Gasteiger partial charge < -0.3 is 9.47 Å². The van der Waals surface area contributed by atoms with Crippen molar-refractivity contribution in [2.24, 2.45) is 16.8 Å². The van der Waals surface area contributed by atoms with Crippen LogP contribution in [0.2, 0.25) is 0 Å². The summed E-state index contributed by atoms with van der Waals surface area (Å²) in [7, 11) is 1.56. The monoisotopic (exact) mass is 477 g/mol. The van der Waals surface area contributed by atoms with E-state index in [4.69, 9.17) is 14.5 Å². The molecule has 2 heterocycles. The van der Waals surface area contributed by atoms with Gasteiger partial charge in [0.05, 0.1) is 13.2 Å². The second-order valence-electron chi connectivity index (χ2n) is 7.47. The first kappa shape index (κ1) is 20.7. The number of aromatic nitrogens is 1. The number of amides is 1. The summed E-state index contributed by atoms with van der Waals surface area (Å²) in [5.41, 5.74) is 0.0917. The molecule has 148 valence electrons. The summed E-state index contributed by atoms with van der Waals surface area (Å²) in [6.07, 6.45) is 0.883. The second kappa shape index (κ2) is 7.79. The average Bonchev–Trinajstić information content (AvgIpc) is 3.23. The minimum atomic E-state index is -0.772. The summed E-state index contributed by atoms with van der Waals surface area (Å²) in [6.45, 7) is 7.34. The lowest BCUT2D eigenvalue weighted by atomic mass is 10.0. The van der Waals surface area contributed by atoms with Crippen molar-refractivity contribution in [2.75, 3.05) is 7.11 Å². The maximum Gasteiger partial charge on any atom is 0.428 e. The molecule has 0 bridgehead atoms. The van der Waals surface area contributed by atoms with E-state index >= 15 is 0 Å². The maximum absolute atomic E-state index is 13.6. The van der Waals surface area contributed by atoms with Crippen LogP contribution >= 0.6 is 40.0 Å². The third-order valence-electron chi connectivity index (χ3n) is 4.38. The highest BCUT2D eigenvalue weighted by molar-refractivity contribution is 9.10. The fraction of sp³-hybridized carbons (Fsp3) is 0.588. The Hall–Kier alpha value is -1.00. The van der Waals surface area contributed by atoms with Gasteiger partial charge >= 0.3 is 6.09 Å². The van der Waals surface area contributed by atoms with Crippen LogP contribution in [0.25, 0.3) is 0 Å². The molecule has 3 rings (SSSR count). The van der Waals surface area contributed by atoms with Gasteiger partial charge in [-0.25, -0.2) is 9.78 Å². The Kier molecular flexibility index (Phi) is 5.98. The zero-order valence-corrected chi connectivity index (χ0v) is 18.8. The first-order valence-corrected chi connectivity index (χ1v) is 10.8. The van der Waals surface area contributed by atoms with Crippen LogP contribution in [0.3, 0.4) is 0 Å². The third-order valence-corrected chi connectivity index (χ3v) is 6.90. The van der Waals surface area contributed by atoms with Gasteiger partial charge in [0.2, 0.25) is 5.88 Å². The molecule has 1 saturated carbocycles. The van der Waals surface area contributed by atoms with Crippen molar-refractivity contribution in [3.63, 3.8) is 0 Å². The largest absolute Gasteiger partial charge is 0.481 e. The molecule has 1 amide bonds. The normalized spacial score (nSPS) is 26.7. The Morgan fingerprint density at radius 1 is 1.44 bits per heavy atom. The summed E-state index contributed by atoms with van der Waals surface area (Å²) in [6, 6.07) is 1.65. The standard InChI is InChI=1S/C17H21BrFN3O3S2/c1-8-11-12(10-6-9(18)7-20-14(10)24-5)21-15(26-13(8)11)22(27-19)16(23)25-17(2,3)4/h6-8,11-13H,1-5H3/t8-,11?,12?,13?/m0/s1. The van der Waals surface area contributed by atoms with Crippen molar-refractivity contribution in [1.29, 1.82) is 0 Å². The van der Waals surface area contributed by atoms with Crippen LogP contribution in [0, 0.1) is 11.8 Å². The topological polar surface area (TPSA) is 64.0 Å². The molecular weight excluding hydrogens is 457 g/mol. The summed E-state index contributed by atoms with van der Waals surface area (Å²) in [4.78, 5) is 21.4. The first-order valence-electron chi connectivity index (χ1n) is 8.42. The fourth-order valence-electron chi connectivity index (χ4n) is 3.11.